The van der Waals surface area contributed by atoms with Gasteiger partial charge in [0.2, 0.25) is 0 Å². The molecule has 0 aromatic heterocycles. The molecule has 0 atom stereocenters. The Labute approximate surface area is 119 Å². The Morgan fingerprint density at radius 1 is 1.11 bits per heavy atom. The Bertz CT molecular complexity index is 545. The van der Waals surface area contributed by atoms with Crippen molar-refractivity contribution in [2.75, 3.05) is 0 Å². The van der Waals surface area contributed by atoms with Gasteiger partial charge in [-0.1, -0.05) is 35.9 Å². The van der Waals surface area contributed by atoms with E-state index in [0.717, 1.165) is 16.1 Å². The van der Waals surface area contributed by atoms with Crippen molar-refractivity contribution in [2.45, 2.75) is 13.1 Å². The molecule has 0 fully saturated rings. The molecule has 0 aliphatic carbocycles. The molecule has 2 aromatic rings. The molecule has 1 nitrogen and oxygen atoms in total. The third-order valence-electron chi connectivity index (χ3n) is 2.59. The average molecular weight is 329 g/mol. The van der Waals surface area contributed by atoms with Crippen LogP contribution in [0.3, 0.4) is 0 Å². The molecule has 0 saturated heterocycles. The van der Waals surface area contributed by atoms with Crippen LogP contribution in [0.4, 0.5) is 4.39 Å². The topological polar surface area (TPSA) is 12.0 Å². The Morgan fingerprint density at radius 2 is 1.89 bits per heavy atom. The molecule has 0 saturated carbocycles. The van der Waals surface area contributed by atoms with E-state index >= 15 is 0 Å². The van der Waals surface area contributed by atoms with E-state index in [0.29, 0.717) is 17.6 Å². The summed E-state index contributed by atoms with van der Waals surface area (Å²) < 4.78 is 13.8. The molecule has 18 heavy (non-hydrogen) atoms. The maximum absolute atomic E-state index is 13.3. The van der Waals surface area contributed by atoms with Gasteiger partial charge in [-0.05, 0) is 45.3 Å². The van der Waals surface area contributed by atoms with Crippen molar-refractivity contribution < 1.29 is 4.39 Å². The Balaban J connectivity index is 1.92. The van der Waals surface area contributed by atoms with Gasteiger partial charge in [0, 0.05) is 18.1 Å². The van der Waals surface area contributed by atoms with Crippen LogP contribution in [0.25, 0.3) is 0 Å². The van der Waals surface area contributed by atoms with Crippen molar-refractivity contribution in [1.82, 2.24) is 5.32 Å². The molecule has 4 heteroatoms. The molecule has 0 unspecified atom stereocenters. The van der Waals surface area contributed by atoms with Gasteiger partial charge in [-0.15, -0.1) is 0 Å². The molecule has 0 radical (unpaired) electrons. The highest BCUT2D eigenvalue weighted by Gasteiger charge is 2.01. The largest absolute Gasteiger partial charge is 0.309 e. The number of benzene rings is 2. The van der Waals surface area contributed by atoms with E-state index in [1.165, 1.54) is 6.07 Å². The first kappa shape index (κ1) is 13.5. The first-order chi connectivity index (χ1) is 8.66. The van der Waals surface area contributed by atoms with Gasteiger partial charge in [-0.25, -0.2) is 4.39 Å². The second-order valence-corrected chi connectivity index (χ2v) is 5.20. The lowest BCUT2D eigenvalue weighted by atomic mass is 10.2. The second kappa shape index (κ2) is 6.32. The van der Waals surface area contributed by atoms with E-state index < -0.39 is 0 Å². The van der Waals surface area contributed by atoms with Gasteiger partial charge >= 0.3 is 0 Å². The first-order valence-corrected chi connectivity index (χ1v) is 6.72. The fourth-order valence-corrected chi connectivity index (χ4v) is 2.08. The fourth-order valence-electron chi connectivity index (χ4n) is 1.63. The zero-order valence-corrected chi connectivity index (χ0v) is 11.9. The molecule has 0 bridgehead atoms. The van der Waals surface area contributed by atoms with Gasteiger partial charge < -0.3 is 5.32 Å². The minimum Gasteiger partial charge on any atom is -0.309 e. The van der Waals surface area contributed by atoms with Gasteiger partial charge in [0.25, 0.3) is 0 Å². The smallest absolute Gasteiger partial charge is 0.137 e. The van der Waals surface area contributed by atoms with Gasteiger partial charge in [0.15, 0.2) is 0 Å². The molecular formula is C14H12BrClFN. The van der Waals surface area contributed by atoms with Crippen LogP contribution in [0.5, 0.6) is 0 Å². The summed E-state index contributed by atoms with van der Waals surface area (Å²) in [4.78, 5) is 0. The van der Waals surface area contributed by atoms with Crippen molar-refractivity contribution in [3.63, 3.8) is 0 Å². The highest BCUT2D eigenvalue weighted by Crippen LogP contribution is 2.17. The lowest BCUT2D eigenvalue weighted by Gasteiger charge is -2.07. The highest BCUT2D eigenvalue weighted by atomic mass is 79.9. The predicted molar refractivity (Wildman–Crippen MR) is 76.1 cm³/mol. The summed E-state index contributed by atoms with van der Waals surface area (Å²) in [5.41, 5.74) is 1.94. The quantitative estimate of drug-likeness (QED) is 0.869. The summed E-state index contributed by atoms with van der Waals surface area (Å²) in [7, 11) is 0. The van der Waals surface area contributed by atoms with Crippen molar-refractivity contribution in [1.29, 1.82) is 0 Å². The van der Waals surface area contributed by atoms with Crippen molar-refractivity contribution in [2.24, 2.45) is 0 Å². The molecule has 0 aliphatic heterocycles. The number of nitrogens with one attached hydrogen (secondary N) is 1. The lowest BCUT2D eigenvalue weighted by Crippen LogP contribution is -2.13. The van der Waals surface area contributed by atoms with E-state index in [1.54, 1.807) is 6.07 Å². The zero-order valence-electron chi connectivity index (χ0n) is 9.59. The standard InChI is InChI=1S/C14H12BrClFN/c15-12-6-5-10(7-14(12)17)8-18-9-11-3-1-2-4-13(11)16/h1-7,18H,8-9H2. The summed E-state index contributed by atoms with van der Waals surface area (Å²) in [6, 6.07) is 12.8. The normalized spacial score (nSPS) is 10.6. The Morgan fingerprint density at radius 3 is 2.61 bits per heavy atom. The van der Waals surface area contributed by atoms with Crippen molar-refractivity contribution >= 4 is 27.5 Å². The molecule has 0 amide bonds. The molecule has 1 N–H and O–H groups in total. The molecule has 94 valence electrons. The number of hydrogen-bond acceptors (Lipinski definition) is 1. The molecule has 2 rings (SSSR count). The Kier molecular flexibility index (Phi) is 4.75. The third-order valence-corrected chi connectivity index (χ3v) is 3.60. The summed E-state index contributed by atoms with van der Waals surface area (Å²) in [6.07, 6.45) is 0. The fraction of sp³-hybridized carbons (Fsp3) is 0.143. The van der Waals surface area contributed by atoms with E-state index in [2.05, 4.69) is 21.2 Å². The van der Waals surface area contributed by atoms with Crippen LogP contribution >= 0.6 is 27.5 Å². The average Bonchev–Trinajstić information content (AvgIpc) is 2.36. The monoisotopic (exact) mass is 327 g/mol. The number of halogens is 3. The summed E-state index contributed by atoms with van der Waals surface area (Å²) in [6.45, 7) is 1.27. The van der Waals surface area contributed by atoms with E-state index in [-0.39, 0.29) is 5.82 Å². The van der Waals surface area contributed by atoms with Crippen LogP contribution in [0.15, 0.2) is 46.9 Å². The van der Waals surface area contributed by atoms with Crippen molar-refractivity contribution in [3.8, 4) is 0 Å². The summed E-state index contributed by atoms with van der Waals surface area (Å²) >= 11 is 9.18. The minimum absolute atomic E-state index is 0.243. The van der Waals surface area contributed by atoms with E-state index in [9.17, 15) is 4.39 Å². The maximum atomic E-state index is 13.3. The van der Waals surface area contributed by atoms with Crippen LogP contribution in [0.2, 0.25) is 5.02 Å². The second-order valence-electron chi connectivity index (χ2n) is 3.94. The van der Waals surface area contributed by atoms with E-state index in [1.807, 2.05) is 30.3 Å². The first-order valence-electron chi connectivity index (χ1n) is 5.55. The minimum atomic E-state index is -0.243. The van der Waals surface area contributed by atoms with Crippen LogP contribution in [-0.2, 0) is 13.1 Å². The highest BCUT2D eigenvalue weighted by molar-refractivity contribution is 9.10. The Hall–Kier alpha value is -0.900. The maximum Gasteiger partial charge on any atom is 0.137 e. The zero-order chi connectivity index (χ0) is 13.0. The third kappa shape index (κ3) is 3.55. The predicted octanol–water partition coefficient (Wildman–Crippen LogP) is 4.53. The molecule has 0 spiro atoms. The van der Waals surface area contributed by atoms with Crippen LogP contribution in [0, 0.1) is 5.82 Å². The molecular weight excluding hydrogens is 317 g/mol. The summed E-state index contributed by atoms with van der Waals surface area (Å²) in [5.74, 6) is -0.243. The van der Waals surface area contributed by atoms with Crippen LogP contribution in [0.1, 0.15) is 11.1 Å². The number of hydrogen-bond donors (Lipinski definition) is 1. The van der Waals surface area contributed by atoms with Crippen LogP contribution < -0.4 is 5.32 Å². The van der Waals surface area contributed by atoms with Gasteiger partial charge in [-0.2, -0.15) is 0 Å². The molecule has 2 aromatic carbocycles. The molecule has 0 heterocycles. The SMILES string of the molecule is Fc1cc(CNCc2ccccc2Cl)ccc1Br. The van der Waals surface area contributed by atoms with Gasteiger partial charge in [-0.3, -0.25) is 0 Å². The van der Waals surface area contributed by atoms with Crippen LogP contribution in [-0.4, -0.2) is 0 Å². The van der Waals surface area contributed by atoms with Crippen molar-refractivity contribution in [3.05, 3.63) is 68.9 Å². The van der Waals surface area contributed by atoms with E-state index in [4.69, 9.17) is 11.6 Å². The molecule has 0 aliphatic rings. The van der Waals surface area contributed by atoms with Gasteiger partial charge in [0.1, 0.15) is 5.82 Å². The lowest BCUT2D eigenvalue weighted by molar-refractivity contribution is 0.614. The number of rotatable bonds is 4. The summed E-state index contributed by atoms with van der Waals surface area (Å²) in [5, 5.41) is 3.98. The van der Waals surface area contributed by atoms with Gasteiger partial charge in [0.05, 0.1) is 4.47 Å².